The average Bonchev–Trinajstić information content (AvgIpc) is 3.10. The van der Waals surface area contributed by atoms with Crippen molar-refractivity contribution in [2.24, 2.45) is 0 Å². The number of hydrogen-bond acceptors (Lipinski definition) is 4. The van der Waals surface area contributed by atoms with E-state index in [4.69, 9.17) is 31.8 Å². The zero-order valence-corrected chi connectivity index (χ0v) is 12.5. The fraction of sp³-hybridized carbons (Fsp3) is 0.400. The third-order valence-electron chi connectivity index (χ3n) is 4.00. The van der Waals surface area contributed by atoms with Crippen molar-refractivity contribution in [3.8, 4) is 22.8 Å². The maximum Gasteiger partial charge on any atom is 0.231 e. The van der Waals surface area contributed by atoms with E-state index in [1.165, 1.54) is 12.8 Å². The number of nitrogens with two attached hydrogens (primary N) is 1. The molecule has 0 saturated heterocycles. The van der Waals surface area contributed by atoms with Gasteiger partial charge < -0.3 is 19.8 Å². The Kier molecular flexibility index (Phi) is 2.79. The van der Waals surface area contributed by atoms with Gasteiger partial charge in [0.1, 0.15) is 17.3 Å². The van der Waals surface area contributed by atoms with Gasteiger partial charge in [-0.1, -0.05) is 11.6 Å². The fourth-order valence-electron chi connectivity index (χ4n) is 2.79. The van der Waals surface area contributed by atoms with Gasteiger partial charge in [-0.2, -0.15) is 0 Å². The molecule has 2 aliphatic rings. The second kappa shape index (κ2) is 4.56. The number of nitrogens with zero attached hydrogens (tertiary/aromatic N) is 2. The number of anilines is 1. The first-order chi connectivity index (χ1) is 10.2. The van der Waals surface area contributed by atoms with Gasteiger partial charge in [0, 0.05) is 18.0 Å². The minimum absolute atomic E-state index is 0.199. The Morgan fingerprint density at radius 1 is 1.38 bits per heavy atom. The van der Waals surface area contributed by atoms with Gasteiger partial charge in [0.2, 0.25) is 6.79 Å². The van der Waals surface area contributed by atoms with Crippen LogP contribution < -0.4 is 15.2 Å². The lowest BCUT2D eigenvalue weighted by molar-refractivity contribution is 0.174. The number of imidazole rings is 1. The third-order valence-corrected chi connectivity index (χ3v) is 4.28. The van der Waals surface area contributed by atoms with Gasteiger partial charge in [-0.15, -0.1) is 0 Å². The van der Waals surface area contributed by atoms with Crippen LogP contribution in [0.5, 0.6) is 11.5 Å². The van der Waals surface area contributed by atoms with Crippen LogP contribution in [-0.2, 0) is 6.54 Å². The molecule has 1 saturated carbocycles. The zero-order chi connectivity index (χ0) is 14.6. The van der Waals surface area contributed by atoms with Crippen LogP contribution in [0.1, 0.15) is 31.5 Å². The second-order valence-corrected chi connectivity index (χ2v) is 5.82. The van der Waals surface area contributed by atoms with Crippen molar-refractivity contribution in [2.75, 3.05) is 12.5 Å². The molecule has 5 nitrogen and oxygen atoms in total. The van der Waals surface area contributed by atoms with Gasteiger partial charge >= 0.3 is 0 Å². The normalized spacial score (nSPS) is 16.5. The van der Waals surface area contributed by atoms with E-state index in [-0.39, 0.29) is 6.79 Å². The Balaban J connectivity index is 1.85. The summed E-state index contributed by atoms with van der Waals surface area (Å²) in [6, 6.07) is 3.73. The molecule has 0 unspecified atom stereocenters. The standard InChI is InChI=1S/C15H16ClN3O2/c1-2-19-14(17)12(18-15(19)8-3-4-8)9-5-10(16)13-11(6-9)20-7-21-13/h5-6,8H,2-4,7,17H2,1H3. The topological polar surface area (TPSA) is 62.3 Å². The van der Waals surface area contributed by atoms with Crippen LogP contribution in [0.2, 0.25) is 5.02 Å². The summed E-state index contributed by atoms with van der Waals surface area (Å²) in [5.41, 5.74) is 7.94. The van der Waals surface area contributed by atoms with Gasteiger partial charge in [-0.05, 0) is 31.9 Å². The first-order valence-corrected chi connectivity index (χ1v) is 7.52. The van der Waals surface area contributed by atoms with Crippen molar-refractivity contribution in [2.45, 2.75) is 32.2 Å². The smallest absolute Gasteiger partial charge is 0.231 e. The molecule has 0 spiro atoms. The first kappa shape index (κ1) is 12.8. The molecule has 0 amide bonds. The molecule has 1 aromatic carbocycles. The lowest BCUT2D eigenvalue weighted by Crippen LogP contribution is -2.04. The largest absolute Gasteiger partial charge is 0.454 e. The number of fused-ring (bicyclic) bond motifs is 1. The van der Waals surface area contributed by atoms with Crippen LogP contribution in [0.25, 0.3) is 11.3 Å². The van der Waals surface area contributed by atoms with E-state index in [2.05, 4.69) is 11.5 Å². The molecule has 0 bridgehead atoms. The van der Waals surface area contributed by atoms with Crippen molar-refractivity contribution in [1.29, 1.82) is 0 Å². The Labute approximate surface area is 127 Å². The number of hydrogen-bond donors (Lipinski definition) is 1. The number of aromatic nitrogens is 2. The Hall–Kier alpha value is -1.88. The van der Waals surface area contributed by atoms with E-state index >= 15 is 0 Å². The van der Waals surface area contributed by atoms with Gasteiger partial charge in [0.25, 0.3) is 0 Å². The minimum Gasteiger partial charge on any atom is -0.454 e. The number of ether oxygens (including phenoxy) is 2. The molecule has 6 heteroatoms. The fourth-order valence-corrected chi connectivity index (χ4v) is 3.05. The highest BCUT2D eigenvalue weighted by atomic mass is 35.5. The molecule has 1 aliphatic heterocycles. The zero-order valence-electron chi connectivity index (χ0n) is 11.7. The Morgan fingerprint density at radius 3 is 2.90 bits per heavy atom. The monoisotopic (exact) mass is 305 g/mol. The van der Waals surface area contributed by atoms with Gasteiger partial charge in [0.05, 0.1) is 5.02 Å². The van der Waals surface area contributed by atoms with Crippen molar-refractivity contribution in [3.05, 3.63) is 23.0 Å². The molecular formula is C15H16ClN3O2. The van der Waals surface area contributed by atoms with Crippen LogP contribution >= 0.6 is 11.6 Å². The molecule has 21 heavy (non-hydrogen) atoms. The lowest BCUT2D eigenvalue weighted by atomic mass is 10.1. The van der Waals surface area contributed by atoms with Crippen molar-refractivity contribution < 1.29 is 9.47 Å². The predicted octanol–water partition coefficient (Wildman–Crippen LogP) is 3.41. The molecule has 2 N–H and O–H groups in total. The first-order valence-electron chi connectivity index (χ1n) is 7.14. The van der Waals surface area contributed by atoms with Gasteiger partial charge in [-0.3, -0.25) is 0 Å². The number of benzene rings is 1. The highest BCUT2D eigenvalue weighted by molar-refractivity contribution is 6.32. The molecule has 2 heterocycles. The van der Waals surface area contributed by atoms with E-state index in [1.54, 1.807) is 0 Å². The highest BCUT2D eigenvalue weighted by Crippen LogP contribution is 2.45. The van der Waals surface area contributed by atoms with Crippen molar-refractivity contribution >= 4 is 17.4 Å². The van der Waals surface area contributed by atoms with E-state index in [0.29, 0.717) is 28.3 Å². The second-order valence-electron chi connectivity index (χ2n) is 5.41. The summed E-state index contributed by atoms with van der Waals surface area (Å²) in [5.74, 6) is 3.56. The lowest BCUT2D eigenvalue weighted by Gasteiger charge is -2.06. The van der Waals surface area contributed by atoms with Crippen molar-refractivity contribution in [3.63, 3.8) is 0 Å². The van der Waals surface area contributed by atoms with Gasteiger partial charge in [0.15, 0.2) is 11.5 Å². The summed E-state index contributed by atoms with van der Waals surface area (Å²) in [4.78, 5) is 4.76. The minimum atomic E-state index is 0.199. The number of nitrogen functional groups attached to an aromatic ring is 1. The van der Waals surface area contributed by atoms with E-state index in [0.717, 1.165) is 23.6 Å². The molecule has 0 atom stereocenters. The summed E-state index contributed by atoms with van der Waals surface area (Å²) in [6.45, 7) is 3.11. The summed E-state index contributed by atoms with van der Waals surface area (Å²) in [5, 5.41) is 0.526. The molecule has 1 aromatic heterocycles. The maximum atomic E-state index is 6.29. The highest BCUT2D eigenvalue weighted by Gasteiger charge is 2.31. The molecule has 0 radical (unpaired) electrons. The molecule has 110 valence electrons. The summed E-state index contributed by atoms with van der Waals surface area (Å²) in [6.07, 6.45) is 2.38. The number of rotatable bonds is 3. The van der Waals surface area contributed by atoms with Crippen molar-refractivity contribution in [1.82, 2.24) is 9.55 Å². The van der Waals surface area contributed by atoms with Crippen LogP contribution in [0.4, 0.5) is 5.82 Å². The van der Waals surface area contributed by atoms with Crippen LogP contribution in [-0.4, -0.2) is 16.3 Å². The molecule has 2 aromatic rings. The summed E-state index contributed by atoms with van der Waals surface area (Å²) in [7, 11) is 0. The molecular weight excluding hydrogens is 290 g/mol. The van der Waals surface area contributed by atoms with Gasteiger partial charge in [-0.25, -0.2) is 4.98 Å². The number of halogens is 1. The quantitative estimate of drug-likeness (QED) is 0.944. The third kappa shape index (κ3) is 1.95. The Morgan fingerprint density at radius 2 is 2.19 bits per heavy atom. The molecule has 1 fully saturated rings. The molecule has 1 aliphatic carbocycles. The Bertz CT molecular complexity index is 722. The SMILES string of the molecule is CCn1c(C2CC2)nc(-c2cc(Cl)c3c(c2)OCO3)c1N. The van der Waals surface area contributed by atoms with E-state index in [1.807, 2.05) is 12.1 Å². The summed E-state index contributed by atoms with van der Waals surface area (Å²) >= 11 is 6.25. The van der Waals surface area contributed by atoms with E-state index < -0.39 is 0 Å². The summed E-state index contributed by atoms with van der Waals surface area (Å²) < 4.78 is 12.8. The maximum absolute atomic E-state index is 6.29. The van der Waals surface area contributed by atoms with Crippen LogP contribution in [0, 0.1) is 0 Å². The predicted molar refractivity (Wildman–Crippen MR) is 80.9 cm³/mol. The molecule has 4 rings (SSSR count). The van der Waals surface area contributed by atoms with E-state index in [9.17, 15) is 0 Å². The average molecular weight is 306 g/mol. The van der Waals surface area contributed by atoms with Crippen LogP contribution in [0.3, 0.4) is 0 Å². The van der Waals surface area contributed by atoms with Crippen LogP contribution in [0.15, 0.2) is 12.1 Å².